The van der Waals surface area contributed by atoms with E-state index < -0.39 is 0 Å². The number of allylic oxidation sites excluding steroid dienone is 1. The van der Waals surface area contributed by atoms with Crippen LogP contribution in [0, 0.1) is 12.7 Å². The molecule has 0 fully saturated rings. The van der Waals surface area contributed by atoms with Gasteiger partial charge in [-0.3, -0.25) is 9.36 Å². The van der Waals surface area contributed by atoms with Gasteiger partial charge in [-0.05, 0) is 36.8 Å². The zero-order valence-electron chi connectivity index (χ0n) is 15.2. The first-order chi connectivity index (χ1) is 13.5. The maximum atomic E-state index is 14.1. The number of aryl methyl sites for hydroxylation is 1. The van der Waals surface area contributed by atoms with Gasteiger partial charge < -0.3 is 5.32 Å². The average molecular weight is 417 g/mol. The summed E-state index contributed by atoms with van der Waals surface area (Å²) in [6.07, 6.45) is 1.67. The third kappa shape index (κ3) is 4.61. The number of nitrogens with one attached hydrogen (secondary N) is 1. The summed E-state index contributed by atoms with van der Waals surface area (Å²) in [6.45, 7) is 6.02. The second-order valence-corrected chi connectivity index (χ2v) is 7.34. The number of hydrogen-bond acceptors (Lipinski definition) is 4. The molecule has 0 saturated carbocycles. The molecule has 5 nitrogen and oxygen atoms in total. The van der Waals surface area contributed by atoms with Crippen molar-refractivity contribution >= 4 is 35.0 Å². The van der Waals surface area contributed by atoms with Crippen LogP contribution in [0.1, 0.15) is 5.56 Å². The molecule has 0 bridgehead atoms. The summed E-state index contributed by atoms with van der Waals surface area (Å²) < 4.78 is 15.9. The summed E-state index contributed by atoms with van der Waals surface area (Å²) in [5.41, 5.74) is 1.91. The lowest BCUT2D eigenvalue weighted by atomic mass is 10.2. The number of hydrogen-bond donors (Lipinski definition) is 1. The van der Waals surface area contributed by atoms with Crippen LogP contribution in [0.3, 0.4) is 0 Å². The van der Waals surface area contributed by atoms with Gasteiger partial charge in [0, 0.05) is 17.3 Å². The minimum absolute atomic E-state index is 0.123. The molecule has 0 spiro atoms. The summed E-state index contributed by atoms with van der Waals surface area (Å²) >= 11 is 7.30. The number of nitrogens with zero attached hydrogens (tertiary/aromatic N) is 3. The van der Waals surface area contributed by atoms with Crippen molar-refractivity contribution in [3.8, 4) is 11.4 Å². The fraction of sp³-hybridized carbons (Fsp3) is 0.150. The number of halogens is 2. The molecule has 0 unspecified atom stereocenters. The van der Waals surface area contributed by atoms with Gasteiger partial charge in [-0.2, -0.15) is 0 Å². The molecule has 1 amide bonds. The molecule has 0 atom stereocenters. The van der Waals surface area contributed by atoms with Crippen molar-refractivity contribution < 1.29 is 9.18 Å². The Morgan fingerprint density at radius 2 is 2.11 bits per heavy atom. The van der Waals surface area contributed by atoms with Gasteiger partial charge in [-0.15, -0.1) is 16.8 Å². The Bertz CT molecular complexity index is 1020. The van der Waals surface area contributed by atoms with E-state index in [0.717, 1.165) is 5.56 Å². The second-order valence-electron chi connectivity index (χ2n) is 5.99. The molecule has 144 valence electrons. The highest BCUT2D eigenvalue weighted by atomic mass is 35.5. The highest BCUT2D eigenvalue weighted by Crippen LogP contribution is 2.26. The van der Waals surface area contributed by atoms with Crippen molar-refractivity contribution in [2.24, 2.45) is 0 Å². The quantitative estimate of drug-likeness (QED) is 0.436. The summed E-state index contributed by atoms with van der Waals surface area (Å²) in [5, 5.41) is 12.1. The van der Waals surface area contributed by atoms with Crippen LogP contribution in [0.4, 0.5) is 10.1 Å². The molecule has 28 heavy (non-hydrogen) atoms. The van der Waals surface area contributed by atoms with Crippen LogP contribution in [-0.4, -0.2) is 26.4 Å². The summed E-state index contributed by atoms with van der Waals surface area (Å²) in [5.74, 6) is -0.0691. The van der Waals surface area contributed by atoms with Crippen LogP contribution in [0.2, 0.25) is 5.02 Å². The highest BCUT2D eigenvalue weighted by Gasteiger charge is 2.17. The van der Waals surface area contributed by atoms with Crippen LogP contribution < -0.4 is 5.32 Å². The molecule has 1 N–H and O–H groups in total. The zero-order valence-corrected chi connectivity index (χ0v) is 16.7. The molecule has 0 saturated heterocycles. The Morgan fingerprint density at radius 1 is 1.32 bits per heavy atom. The predicted molar refractivity (Wildman–Crippen MR) is 111 cm³/mol. The smallest absolute Gasteiger partial charge is 0.234 e. The van der Waals surface area contributed by atoms with E-state index in [0.29, 0.717) is 33.8 Å². The fourth-order valence-electron chi connectivity index (χ4n) is 2.53. The molecule has 8 heteroatoms. The van der Waals surface area contributed by atoms with Gasteiger partial charge in [-0.25, -0.2) is 4.39 Å². The van der Waals surface area contributed by atoms with Gasteiger partial charge in [0.05, 0.1) is 11.3 Å². The number of carbonyl (C=O) groups excluding carboxylic acids is 1. The third-order valence-electron chi connectivity index (χ3n) is 3.93. The normalized spacial score (nSPS) is 10.7. The first-order valence-corrected chi connectivity index (χ1v) is 9.83. The van der Waals surface area contributed by atoms with Crippen molar-refractivity contribution in [1.29, 1.82) is 0 Å². The van der Waals surface area contributed by atoms with Crippen molar-refractivity contribution in [3.05, 3.63) is 71.5 Å². The number of anilines is 1. The molecule has 0 radical (unpaired) electrons. The molecule has 3 rings (SSSR count). The van der Waals surface area contributed by atoms with Gasteiger partial charge in [0.2, 0.25) is 5.91 Å². The first kappa shape index (κ1) is 20.1. The lowest BCUT2D eigenvalue weighted by Gasteiger charge is -2.09. The number of thioether (sulfide) groups is 1. The number of rotatable bonds is 7. The fourth-order valence-corrected chi connectivity index (χ4v) is 3.46. The van der Waals surface area contributed by atoms with E-state index in [1.165, 1.54) is 17.8 Å². The number of amides is 1. The molecule has 0 aliphatic carbocycles. The minimum atomic E-state index is -0.384. The molecule has 0 aliphatic heterocycles. The van der Waals surface area contributed by atoms with E-state index in [2.05, 4.69) is 22.1 Å². The van der Waals surface area contributed by atoms with Crippen molar-refractivity contribution in [2.45, 2.75) is 18.6 Å². The van der Waals surface area contributed by atoms with Crippen molar-refractivity contribution in [1.82, 2.24) is 14.8 Å². The molecule has 2 aromatic carbocycles. The largest absolute Gasteiger partial charge is 0.325 e. The number of benzene rings is 2. The van der Waals surface area contributed by atoms with Crippen LogP contribution in [0.25, 0.3) is 11.4 Å². The second kappa shape index (κ2) is 9.03. The van der Waals surface area contributed by atoms with Crippen LogP contribution in [-0.2, 0) is 11.3 Å². The molecule has 3 aromatic rings. The average Bonchev–Trinajstić information content (AvgIpc) is 3.06. The first-order valence-electron chi connectivity index (χ1n) is 8.47. The van der Waals surface area contributed by atoms with E-state index >= 15 is 0 Å². The Labute approximate surface area is 171 Å². The molecular formula is C20H18ClFN4OS. The van der Waals surface area contributed by atoms with Gasteiger partial charge >= 0.3 is 0 Å². The summed E-state index contributed by atoms with van der Waals surface area (Å²) in [6, 6.07) is 11.7. The third-order valence-corrected chi connectivity index (χ3v) is 5.31. The lowest BCUT2D eigenvalue weighted by Crippen LogP contribution is -2.14. The summed E-state index contributed by atoms with van der Waals surface area (Å²) in [4.78, 5) is 12.3. The highest BCUT2D eigenvalue weighted by molar-refractivity contribution is 7.99. The van der Waals surface area contributed by atoms with Crippen LogP contribution >= 0.6 is 23.4 Å². The topological polar surface area (TPSA) is 59.8 Å². The van der Waals surface area contributed by atoms with Gasteiger partial charge in [0.1, 0.15) is 5.82 Å². The number of aromatic nitrogens is 3. The number of carbonyl (C=O) groups is 1. The van der Waals surface area contributed by atoms with E-state index in [1.54, 1.807) is 41.0 Å². The maximum Gasteiger partial charge on any atom is 0.234 e. The zero-order chi connectivity index (χ0) is 20.1. The van der Waals surface area contributed by atoms with E-state index in [-0.39, 0.29) is 17.5 Å². The Hall–Kier alpha value is -2.64. The van der Waals surface area contributed by atoms with Gasteiger partial charge in [0.15, 0.2) is 11.0 Å². The van der Waals surface area contributed by atoms with Crippen LogP contribution in [0.5, 0.6) is 0 Å². The molecule has 0 aliphatic rings. The predicted octanol–water partition coefficient (Wildman–Crippen LogP) is 4.96. The van der Waals surface area contributed by atoms with E-state index in [1.807, 2.05) is 13.0 Å². The summed E-state index contributed by atoms with van der Waals surface area (Å²) in [7, 11) is 0. The Kier molecular flexibility index (Phi) is 6.49. The minimum Gasteiger partial charge on any atom is -0.325 e. The van der Waals surface area contributed by atoms with Crippen molar-refractivity contribution in [3.63, 3.8) is 0 Å². The lowest BCUT2D eigenvalue weighted by molar-refractivity contribution is -0.113. The maximum absolute atomic E-state index is 14.1. The molecule has 1 heterocycles. The van der Waals surface area contributed by atoms with Gasteiger partial charge in [-0.1, -0.05) is 47.6 Å². The Morgan fingerprint density at radius 3 is 2.82 bits per heavy atom. The van der Waals surface area contributed by atoms with E-state index in [4.69, 9.17) is 11.6 Å². The SMILES string of the molecule is C=CCn1c(SCC(=O)Nc2ccc(C)c(Cl)c2)nnc1-c1ccccc1F. The monoisotopic (exact) mass is 416 g/mol. The Balaban J connectivity index is 1.73. The van der Waals surface area contributed by atoms with Crippen LogP contribution in [0.15, 0.2) is 60.3 Å². The van der Waals surface area contributed by atoms with E-state index in [9.17, 15) is 9.18 Å². The standard InChI is InChI=1S/C20H18ClFN4OS/c1-3-10-26-19(15-6-4-5-7-17(15)22)24-25-20(26)28-12-18(27)23-14-9-8-13(2)16(21)11-14/h3-9,11H,1,10,12H2,2H3,(H,23,27). The van der Waals surface area contributed by atoms with Crippen molar-refractivity contribution in [2.75, 3.05) is 11.1 Å². The molecule has 1 aromatic heterocycles. The van der Waals surface area contributed by atoms with Gasteiger partial charge in [0.25, 0.3) is 0 Å². The molecular weight excluding hydrogens is 399 g/mol.